The molecule has 0 saturated carbocycles. The Bertz CT molecular complexity index is 651. The van der Waals surface area contributed by atoms with Crippen LogP contribution in [0.2, 0.25) is 0 Å². The number of fused-ring (bicyclic) bond motifs is 1. The lowest BCUT2D eigenvalue weighted by Gasteiger charge is -2.04. The Balaban J connectivity index is 2.38. The number of carboxylic acids is 1. The number of aliphatic carboxylic acids is 1. The summed E-state index contributed by atoms with van der Waals surface area (Å²) < 4.78 is 10.8. The molecule has 2 rings (SSSR count). The zero-order chi connectivity index (χ0) is 14.7. The Labute approximate surface area is 120 Å². The van der Waals surface area contributed by atoms with Gasteiger partial charge in [-0.25, -0.2) is 4.98 Å². The molecule has 0 fully saturated rings. The number of nitrogens with zero attached hydrogens (tertiary/aromatic N) is 1. The largest absolute Gasteiger partial charge is 0.494 e. The molecule has 0 bridgehead atoms. The predicted octanol–water partition coefficient (Wildman–Crippen LogP) is 2.24. The maximum Gasteiger partial charge on any atom is 0.304 e. The van der Waals surface area contributed by atoms with E-state index in [2.05, 4.69) is 17.6 Å². The van der Waals surface area contributed by atoms with Crippen molar-refractivity contribution in [1.29, 1.82) is 0 Å². The first-order valence-electron chi connectivity index (χ1n) is 5.99. The Hall–Kier alpha value is -2.02. The van der Waals surface area contributed by atoms with E-state index in [1.807, 2.05) is 6.92 Å². The van der Waals surface area contributed by atoms with Crippen molar-refractivity contribution in [3.63, 3.8) is 0 Å². The van der Waals surface area contributed by atoms with Gasteiger partial charge < -0.3 is 14.3 Å². The van der Waals surface area contributed by atoms with Gasteiger partial charge in [0, 0.05) is 6.07 Å². The highest BCUT2D eigenvalue weighted by Gasteiger charge is 2.26. The molecule has 2 aromatic rings. The molecule has 106 valence electrons. The highest BCUT2D eigenvalue weighted by atomic mass is 32.1. The number of thiol groups is 1. The van der Waals surface area contributed by atoms with Gasteiger partial charge in [-0.2, -0.15) is 0 Å². The molecule has 1 N–H and O–H groups in total. The summed E-state index contributed by atoms with van der Waals surface area (Å²) >= 11 is 3.69. The molecular weight excluding hydrogens is 282 g/mol. The van der Waals surface area contributed by atoms with Crippen LogP contribution in [0.25, 0.3) is 11.1 Å². The molecular formula is C13H13NO5S. The van der Waals surface area contributed by atoms with Gasteiger partial charge in [-0.3, -0.25) is 9.59 Å². The first kappa shape index (κ1) is 14.4. The van der Waals surface area contributed by atoms with Gasteiger partial charge in [0.25, 0.3) is 0 Å². The lowest BCUT2D eigenvalue weighted by molar-refractivity contribution is -0.138. The summed E-state index contributed by atoms with van der Waals surface area (Å²) in [5.74, 6) is -1.45. The van der Waals surface area contributed by atoms with Crippen LogP contribution in [0, 0.1) is 0 Å². The van der Waals surface area contributed by atoms with Crippen LogP contribution in [0.5, 0.6) is 5.75 Å². The molecule has 0 saturated heterocycles. The van der Waals surface area contributed by atoms with Gasteiger partial charge in [-0.05, 0) is 19.1 Å². The molecule has 1 aromatic carbocycles. The number of hydrogen-bond donors (Lipinski definition) is 2. The molecule has 6 nitrogen and oxygen atoms in total. The van der Waals surface area contributed by atoms with Crippen LogP contribution in [0.1, 0.15) is 25.2 Å². The first-order chi connectivity index (χ1) is 9.51. The fourth-order valence-electron chi connectivity index (χ4n) is 1.78. The van der Waals surface area contributed by atoms with E-state index in [-0.39, 0.29) is 5.89 Å². The zero-order valence-electron chi connectivity index (χ0n) is 10.7. The fourth-order valence-corrected chi connectivity index (χ4v) is 1.98. The monoisotopic (exact) mass is 295 g/mol. The van der Waals surface area contributed by atoms with E-state index in [4.69, 9.17) is 14.3 Å². The summed E-state index contributed by atoms with van der Waals surface area (Å²) in [5.41, 5.74) is 0.976. The molecule has 0 aliphatic carbocycles. The maximum atomic E-state index is 11.4. The quantitative estimate of drug-likeness (QED) is 0.794. The minimum atomic E-state index is -1.12. The van der Waals surface area contributed by atoms with E-state index < -0.39 is 23.4 Å². The molecule has 0 aliphatic heterocycles. The van der Waals surface area contributed by atoms with Crippen LogP contribution in [-0.4, -0.2) is 27.8 Å². The van der Waals surface area contributed by atoms with Gasteiger partial charge in [0.2, 0.25) is 5.89 Å². The maximum absolute atomic E-state index is 11.4. The number of hydrogen-bond acceptors (Lipinski definition) is 5. The molecule has 7 heteroatoms. The third-order valence-corrected chi connectivity index (χ3v) is 2.97. The standard InChI is InChI=1S/C13H13NO5S/c1-2-18-7-3-4-9-10(5-7)19-12(14-9)8(13(17)20)6-11(15)16/h3-5,8H,2,6H2,1H3,(H,15,16)(H,17,20). The molecule has 20 heavy (non-hydrogen) atoms. The van der Waals surface area contributed by atoms with E-state index in [0.717, 1.165) is 0 Å². The smallest absolute Gasteiger partial charge is 0.304 e. The number of aromatic nitrogens is 1. The van der Waals surface area contributed by atoms with Crippen molar-refractivity contribution in [2.45, 2.75) is 19.3 Å². The van der Waals surface area contributed by atoms with Crippen molar-refractivity contribution in [2.75, 3.05) is 6.61 Å². The van der Waals surface area contributed by atoms with Gasteiger partial charge in [-0.15, -0.1) is 12.6 Å². The van der Waals surface area contributed by atoms with Gasteiger partial charge in [0.1, 0.15) is 17.2 Å². The second-order valence-electron chi connectivity index (χ2n) is 4.10. The third kappa shape index (κ3) is 3.11. The van der Waals surface area contributed by atoms with Crippen molar-refractivity contribution < 1.29 is 23.8 Å². The van der Waals surface area contributed by atoms with E-state index in [1.165, 1.54) is 0 Å². The summed E-state index contributed by atoms with van der Waals surface area (Å²) in [6.45, 7) is 2.38. The number of carboxylic acid groups (broad SMARTS) is 1. The number of benzene rings is 1. The molecule has 0 radical (unpaired) electrons. The lowest BCUT2D eigenvalue weighted by atomic mass is 10.1. The molecule has 1 atom stereocenters. The number of ether oxygens (including phenoxy) is 1. The fraction of sp³-hybridized carbons (Fsp3) is 0.308. The van der Waals surface area contributed by atoms with Gasteiger partial charge in [-0.1, -0.05) is 0 Å². The van der Waals surface area contributed by atoms with Crippen LogP contribution in [0.15, 0.2) is 22.6 Å². The number of oxazole rings is 1. The van der Waals surface area contributed by atoms with Gasteiger partial charge >= 0.3 is 5.97 Å². The summed E-state index contributed by atoms with van der Waals surface area (Å²) in [7, 11) is 0. The number of carbonyl (C=O) groups excluding carboxylic acids is 1. The summed E-state index contributed by atoms with van der Waals surface area (Å²) in [4.78, 5) is 26.3. The predicted molar refractivity (Wildman–Crippen MR) is 74.2 cm³/mol. The number of carbonyl (C=O) groups is 2. The summed E-state index contributed by atoms with van der Waals surface area (Å²) in [6, 6.07) is 5.07. The van der Waals surface area contributed by atoms with E-state index in [1.54, 1.807) is 18.2 Å². The van der Waals surface area contributed by atoms with Crippen molar-refractivity contribution in [3.05, 3.63) is 24.1 Å². The second-order valence-corrected chi connectivity index (χ2v) is 4.54. The molecule has 1 aromatic heterocycles. The highest BCUT2D eigenvalue weighted by molar-refractivity contribution is 7.96. The molecule has 1 heterocycles. The first-order valence-corrected chi connectivity index (χ1v) is 6.44. The van der Waals surface area contributed by atoms with Crippen LogP contribution in [0.3, 0.4) is 0 Å². The Morgan fingerprint density at radius 2 is 2.25 bits per heavy atom. The Morgan fingerprint density at radius 1 is 1.50 bits per heavy atom. The number of rotatable bonds is 6. The van der Waals surface area contributed by atoms with Crippen molar-refractivity contribution in [1.82, 2.24) is 4.98 Å². The minimum absolute atomic E-state index is 0.0519. The second kappa shape index (κ2) is 5.96. The molecule has 0 spiro atoms. The zero-order valence-corrected chi connectivity index (χ0v) is 11.6. The normalized spacial score (nSPS) is 12.3. The topological polar surface area (TPSA) is 89.6 Å². The van der Waals surface area contributed by atoms with Crippen molar-refractivity contribution >= 4 is 34.8 Å². The third-order valence-electron chi connectivity index (χ3n) is 2.66. The van der Waals surface area contributed by atoms with Crippen LogP contribution >= 0.6 is 12.6 Å². The highest BCUT2D eigenvalue weighted by Crippen LogP contribution is 2.28. The van der Waals surface area contributed by atoms with Crippen molar-refractivity contribution in [2.24, 2.45) is 0 Å². The van der Waals surface area contributed by atoms with Gasteiger partial charge in [0.05, 0.1) is 13.0 Å². The van der Waals surface area contributed by atoms with E-state index in [0.29, 0.717) is 23.5 Å². The Kier molecular flexibility index (Phi) is 4.29. The van der Waals surface area contributed by atoms with Crippen molar-refractivity contribution in [3.8, 4) is 5.75 Å². The minimum Gasteiger partial charge on any atom is -0.494 e. The summed E-state index contributed by atoms with van der Waals surface area (Å²) in [5, 5.41) is 8.21. The lowest BCUT2D eigenvalue weighted by Crippen LogP contribution is -2.12. The average molecular weight is 295 g/mol. The van der Waals surface area contributed by atoms with E-state index in [9.17, 15) is 9.59 Å². The molecule has 1 unspecified atom stereocenters. The summed E-state index contributed by atoms with van der Waals surface area (Å²) in [6.07, 6.45) is -0.409. The average Bonchev–Trinajstić information content (AvgIpc) is 2.78. The molecule has 0 aliphatic rings. The van der Waals surface area contributed by atoms with Gasteiger partial charge in [0.15, 0.2) is 10.7 Å². The van der Waals surface area contributed by atoms with Crippen LogP contribution in [0.4, 0.5) is 0 Å². The molecule has 0 amide bonds. The van der Waals surface area contributed by atoms with Crippen LogP contribution < -0.4 is 4.74 Å². The SMILES string of the molecule is CCOc1ccc2nc(C(CC(=O)O)C(=O)S)oc2c1. The Morgan fingerprint density at radius 3 is 2.85 bits per heavy atom. The van der Waals surface area contributed by atoms with Crippen LogP contribution in [-0.2, 0) is 9.59 Å². The van der Waals surface area contributed by atoms with E-state index >= 15 is 0 Å².